The third-order valence-corrected chi connectivity index (χ3v) is 6.05. The van der Waals surface area contributed by atoms with Gasteiger partial charge >= 0.3 is 0 Å². The molecule has 0 aromatic heterocycles. The van der Waals surface area contributed by atoms with E-state index in [0.717, 1.165) is 17.4 Å². The van der Waals surface area contributed by atoms with Crippen molar-refractivity contribution < 1.29 is 0 Å². The maximum atomic E-state index is 9.02. The van der Waals surface area contributed by atoms with Crippen LogP contribution in [0.5, 0.6) is 0 Å². The Labute approximate surface area is 152 Å². The largest absolute Gasteiger partial charge is 0.192 e. The third-order valence-electron chi connectivity index (χ3n) is 6.05. The first kappa shape index (κ1) is 17.7. The average Bonchev–Trinajstić information content (AvgIpc) is 2.68. The highest BCUT2D eigenvalue weighted by molar-refractivity contribution is 5.68. The summed E-state index contributed by atoms with van der Waals surface area (Å²) in [7, 11) is 0. The Morgan fingerprint density at radius 3 is 2.32 bits per heavy atom. The quantitative estimate of drug-likeness (QED) is 0.582. The summed E-state index contributed by atoms with van der Waals surface area (Å²) >= 11 is 0. The topological polar surface area (TPSA) is 23.8 Å². The molecule has 0 bridgehead atoms. The Morgan fingerprint density at radius 2 is 1.68 bits per heavy atom. The first-order valence-electron chi connectivity index (χ1n) is 9.82. The minimum absolute atomic E-state index is 0.678. The number of nitriles is 1. The fraction of sp³-hybridized carbons (Fsp3) is 0.458. The fourth-order valence-corrected chi connectivity index (χ4v) is 4.53. The van der Waals surface area contributed by atoms with Crippen LogP contribution < -0.4 is 0 Å². The lowest BCUT2D eigenvalue weighted by Crippen LogP contribution is -2.19. The predicted octanol–water partition coefficient (Wildman–Crippen LogP) is 6.94. The van der Waals surface area contributed by atoms with E-state index in [4.69, 9.17) is 5.26 Å². The lowest BCUT2D eigenvalue weighted by Gasteiger charge is -2.33. The van der Waals surface area contributed by atoms with Crippen molar-refractivity contribution in [3.63, 3.8) is 0 Å². The molecular weight excluding hydrogens is 302 g/mol. The molecule has 0 spiro atoms. The Balaban J connectivity index is 1.77. The molecule has 0 aliphatic heterocycles. The lowest BCUT2D eigenvalue weighted by atomic mass is 9.72. The van der Waals surface area contributed by atoms with Gasteiger partial charge in [-0.05, 0) is 72.3 Å². The molecule has 130 valence electrons. The molecule has 2 aromatic carbocycles. The van der Waals surface area contributed by atoms with Gasteiger partial charge < -0.3 is 0 Å². The zero-order valence-corrected chi connectivity index (χ0v) is 15.5. The predicted molar refractivity (Wildman–Crippen MR) is 105 cm³/mol. The van der Waals surface area contributed by atoms with Gasteiger partial charge in [-0.1, -0.05) is 63.1 Å². The molecule has 25 heavy (non-hydrogen) atoms. The monoisotopic (exact) mass is 331 g/mol. The summed E-state index contributed by atoms with van der Waals surface area (Å²) in [4.78, 5) is 0. The highest BCUT2D eigenvalue weighted by Crippen LogP contribution is 2.42. The van der Waals surface area contributed by atoms with Gasteiger partial charge in [-0.25, -0.2) is 0 Å². The molecule has 0 heterocycles. The summed E-state index contributed by atoms with van der Waals surface area (Å²) in [6.45, 7) is 4.75. The lowest BCUT2D eigenvalue weighted by molar-refractivity contribution is 0.235. The van der Waals surface area contributed by atoms with Crippen LogP contribution in [0, 0.1) is 23.2 Å². The molecule has 1 atom stereocenters. The second-order valence-electron chi connectivity index (χ2n) is 7.65. The van der Waals surface area contributed by atoms with Crippen LogP contribution in [-0.2, 0) is 0 Å². The van der Waals surface area contributed by atoms with Gasteiger partial charge in [0, 0.05) is 0 Å². The zero-order valence-electron chi connectivity index (χ0n) is 15.5. The molecule has 1 saturated carbocycles. The number of rotatable bonds is 5. The number of benzene rings is 2. The number of nitrogens with zero attached hydrogens (tertiary/aromatic N) is 1. The first-order chi connectivity index (χ1) is 12.2. The summed E-state index contributed by atoms with van der Waals surface area (Å²) in [6, 6.07) is 19.1. The maximum Gasteiger partial charge on any atom is 0.0991 e. The summed E-state index contributed by atoms with van der Waals surface area (Å²) in [5.41, 5.74) is 4.80. The molecule has 1 unspecified atom stereocenters. The standard InChI is InChI=1S/C24H29N/c1-3-6-18(2)20-13-15-22(16-14-20)24-8-5-4-7-23(24)21-11-9-19(17-25)10-12-21/h4-5,7-12,18,20,22H,3,6,13-16H2,1-2H3/t18?,20-,22-. The molecule has 0 amide bonds. The molecule has 1 aliphatic carbocycles. The van der Waals surface area contributed by atoms with Crippen LogP contribution in [-0.4, -0.2) is 0 Å². The Morgan fingerprint density at radius 1 is 1.00 bits per heavy atom. The highest BCUT2D eigenvalue weighted by Gasteiger charge is 2.26. The van der Waals surface area contributed by atoms with Crippen LogP contribution in [0.4, 0.5) is 0 Å². The summed E-state index contributed by atoms with van der Waals surface area (Å²) in [6.07, 6.45) is 8.04. The van der Waals surface area contributed by atoms with Crippen LogP contribution in [0.2, 0.25) is 0 Å². The van der Waals surface area contributed by atoms with Gasteiger partial charge in [-0.2, -0.15) is 5.26 Å². The van der Waals surface area contributed by atoms with Gasteiger partial charge in [0.05, 0.1) is 11.6 Å². The summed E-state index contributed by atoms with van der Waals surface area (Å²) in [5, 5.41) is 9.02. The minimum Gasteiger partial charge on any atom is -0.192 e. The molecule has 0 saturated heterocycles. The van der Waals surface area contributed by atoms with Crippen LogP contribution in [0.15, 0.2) is 48.5 Å². The maximum absolute atomic E-state index is 9.02. The fourth-order valence-electron chi connectivity index (χ4n) is 4.53. The molecule has 1 fully saturated rings. The molecule has 1 nitrogen and oxygen atoms in total. The van der Waals surface area contributed by atoms with E-state index in [0.29, 0.717) is 5.92 Å². The van der Waals surface area contributed by atoms with Gasteiger partial charge in [0.2, 0.25) is 0 Å². The van der Waals surface area contributed by atoms with Crippen molar-refractivity contribution in [2.45, 2.75) is 58.3 Å². The zero-order chi connectivity index (χ0) is 17.6. The van der Waals surface area contributed by atoms with E-state index in [1.807, 2.05) is 12.1 Å². The van der Waals surface area contributed by atoms with Crippen molar-refractivity contribution in [3.8, 4) is 17.2 Å². The third kappa shape index (κ3) is 4.13. The van der Waals surface area contributed by atoms with E-state index in [1.165, 1.54) is 55.2 Å². The Kier molecular flexibility index (Phi) is 5.92. The van der Waals surface area contributed by atoms with Gasteiger partial charge in [0.1, 0.15) is 0 Å². The molecule has 0 radical (unpaired) electrons. The summed E-state index contributed by atoms with van der Waals surface area (Å²) < 4.78 is 0. The van der Waals surface area contributed by atoms with Crippen LogP contribution in [0.1, 0.15) is 69.4 Å². The molecule has 2 aromatic rings. The van der Waals surface area contributed by atoms with Crippen LogP contribution >= 0.6 is 0 Å². The second-order valence-corrected chi connectivity index (χ2v) is 7.65. The van der Waals surface area contributed by atoms with E-state index >= 15 is 0 Å². The minimum atomic E-state index is 0.678. The Bertz CT molecular complexity index is 715. The van der Waals surface area contributed by atoms with Crippen molar-refractivity contribution in [1.82, 2.24) is 0 Å². The first-order valence-corrected chi connectivity index (χ1v) is 9.82. The van der Waals surface area contributed by atoms with Gasteiger partial charge in [-0.3, -0.25) is 0 Å². The molecule has 1 heteroatoms. The second kappa shape index (κ2) is 8.34. The van der Waals surface area contributed by atoms with Gasteiger partial charge in [0.25, 0.3) is 0 Å². The van der Waals surface area contributed by atoms with Gasteiger partial charge in [-0.15, -0.1) is 0 Å². The smallest absolute Gasteiger partial charge is 0.0991 e. The molecule has 0 N–H and O–H groups in total. The normalized spacial score (nSPS) is 21.5. The van der Waals surface area contributed by atoms with Crippen molar-refractivity contribution in [2.24, 2.45) is 11.8 Å². The van der Waals surface area contributed by atoms with Crippen LogP contribution in [0.25, 0.3) is 11.1 Å². The molecular formula is C24H29N. The average molecular weight is 332 g/mol. The van der Waals surface area contributed by atoms with Crippen LogP contribution in [0.3, 0.4) is 0 Å². The SMILES string of the molecule is CCCC(C)[C@H]1CC[C@H](c2ccccc2-c2ccc(C#N)cc2)CC1. The van der Waals surface area contributed by atoms with E-state index in [-0.39, 0.29) is 0 Å². The van der Waals surface area contributed by atoms with Crippen molar-refractivity contribution >= 4 is 0 Å². The molecule has 1 aliphatic rings. The van der Waals surface area contributed by atoms with Crippen molar-refractivity contribution in [2.75, 3.05) is 0 Å². The number of hydrogen-bond acceptors (Lipinski definition) is 1. The van der Waals surface area contributed by atoms with E-state index in [2.05, 4.69) is 56.3 Å². The highest BCUT2D eigenvalue weighted by atomic mass is 14.3. The number of hydrogen-bond donors (Lipinski definition) is 0. The van der Waals surface area contributed by atoms with E-state index in [1.54, 1.807) is 0 Å². The van der Waals surface area contributed by atoms with Crippen molar-refractivity contribution in [1.29, 1.82) is 5.26 Å². The van der Waals surface area contributed by atoms with E-state index < -0.39 is 0 Å². The van der Waals surface area contributed by atoms with Crippen molar-refractivity contribution in [3.05, 3.63) is 59.7 Å². The molecule has 3 rings (SSSR count). The Hall–Kier alpha value is -2.07. The van der Waals surface area contributed by atoms with E-state index in [9.17, 15) is 0 Å². The van der Waals surface area contributed by atoms with Gasteiger partial charge in [0.15, 0.2) is 0 Å². The summed E-state index contributed by atoms with van der Waals surface area (Å²) in [5.74, 6) is 2.47.